The van der Waals surface area contributed by atoms with Crippen molar-refractivity contribution in [1.82, 2.24) is 29.4 Å². The summed E-state index contributed by atoms with van der Waals surface area (Å²) >= 11 is 0. The molecule has 0 atom stereocenters. The molecule has 56 heavy (non-hydrogen) atoms. The van der Waals surface area contributed by atoms with E-state index in [0.29, 0.717) is 66.8 Å². The second kappa shape index (κ2) is 22.4. The fraction of sp³-hybridized carbons (Fsp3) is 0.711. The van der Waals surface area contributed by atoms with E-state index in [0.717, 1.165) is 32.4 Å². The Morgan fingerprint density at radius 3 is 1.93 bits per heavy atom. The molecule has 18 heteroatoms. The molecule has 2 fully saturated rings. The fourth-order valence-corrected chi connectivity index (χ4v) is 9.39. The first-order valence-electron chi connectivity index (χ1n) is 19.1. The molecule has 2 aliphatic rings. The third-order valence-electron chi connectivity index (χ3n) is 10.9. The van der Waals surface area contributed by atoms with Gasteiger partial charge in [0.15, 0.2) is 5.52 Å². The summed E-state index contributed by atoms with van der Waals surface area (Å²) in [7, 11) is -2.23. The lowest BCUT2D eigenvalue weighted by Crippen LogP contribution is -2.47. The highest BCUT2D eigenvalue weighted by molar-refractivity contribution is 7.89. The largest absolute Gasteiger partial charge is 0.493 e. The number of nitrogens with zero attached hydrogens (tertiary/aromatic N) is 4. The van der Waals surface area contributed by atoms with Crippen LogP contribution in [0.3, 0.4) is 0 Å². The Morgan fingerprint density at radius 2 is 1.43 bits per heavy atom. The van der Waals surface area contributed by atoms with Gasteiger partial charge in [-0.15, -0.1) is 12.4 Å². The maximum absolute atomic E-state index is 13.7. The van der Waals surface area contributed by atoms with E-state index in [9.17, 15) is 33.6 Å². The summed E-state index contributed by atoms with van der Waals surface area (Å²) < 4.78 is 36.1. The zero-order valence-electron chi connectivity index (χ0n) is 32.2. The molecule has 2 saturated heterocycles. The number of nitrogens with one attached hydrogen (secondary N) is 2. The van der Waals surface area contributed by atoms with Crippen molar-refractivity contribution in [3.63, 3.8) is 0 Å². The van der Waals surface area contributed by atoms with E-state index in [4.69, 9.17) is 19.9 Å². The minimum absolute atomic E-state index is 0. The number of piperidine rings is 2. The van der Waals surface area contributed by atoms with Crippen molar-refractivity contribution in [3.8, 4) is 17.1 Å². The van der Waals surface area contributed by atoms with Crippen LogP contribution >= 0.6 is 12.4 Å². The number of hydrogen-bond acceptors (Lipinski definition) is 13. The Hall–Kier alpha value is -2.71. The first kappa shape index (κ1) is 49.4. The second-order valence-corrected chi connectivity index (χ2v) is 16.3. The van der Waals surface area contributed by atoms with Crippen LogP contribution in [0.5, 0.6) is 5.75 Å². The number of aliphatic hydroxyl groups excluding tert-OH is 4. The van der Waals surface area contributed by atoms with Gasteiger partial charge in [0, 0.05) is 46.6 Å². The topological polar surface area (TPSA) is 244 Å². The first-order chi connectivity index (χ1) is 25.8. The summed E-state index contributed by atoms with van der Waals surface area (Å²) in [6.07, 6.45) is 5.10. The Morgan fingerprint density at radius 1 is 0.893 bits per heavy atom. The monoisotopic (exact) mass is 832 g/mol. The molecule has 8 N–H and O–H groups in total. The van der Waals surface area contributed by atoms with Gasteiger partial charge in [-0.25, -0.2) is 13.4 Å². The van der Waals surface area contributed by atoms with Crippen molar-refractivity contribution in [2.45, 2.75) is 102 Å². The van der Waals surface area contributed by atoms with Gasteiger partial charge in [-0.05, 0) is 108 Å². The molecular formula is C38H65ClN6O10S. The summed E-state index contributed by atoms with van der Waals surface area (Å²) in [5.74, 6) is 0.553. The van der Waals surface area contributed by atoms with E-state index in [1.807, 2.05) is 13.8 Å². The van der Waals surface area contributed by atoms with E-state index < -0.39 is 21.2 Å². The first-order valence-corrected chi connectivity index (χ1v) is 20.6. The molecule has 3 aromatic rings. The van der Waals surface area contributed by atoms with E-state index in [-0.39, 0.29) is 100 Å². The molecule has 1 aromatic carbocycles. The van der Waals surface area contributed by atoms with Gasteiger partial charge >= 0.3 is 0 Å². The van der Waals surface area contributed by atoms with Crippen molar-refractivity contribution in [1.29, 1.82) is 0 Å². The highest BCUT2D eigenvalue weighted by atomic mass is 35.5. The maximum Gasteiger partial charge on any atom is 0.277 e. The molecule has 0 saturated carbocycles. The third-order valence-corrected chi connectivity index (χ3v) is 12.8. The number of fused-ring (bicyclic) bond motifs is 1. The van der Waals surface area contributed by atoms with Crippen molar-refractivity contribution < 1.29 is 43.8 Å². The normalized spacial score (nSPS) is 16.2. The zero-order valence-corrected chi connectivity index (χ0v) is 33.9. The van der Waals surface area contributed by atoms with E-state index in [1.165, 1.54) is 21.1 Å². The maximum atomic E-state index is 13.7. The number of rotatable bonds is 17. The smallest absolute Gasteiger partial charge is 0.277 e. The molecule has 2 aromatic heterocycles. The lowest BCUT2D eigenvalue weighted by molar-refractivity contribution is -0.0675. The average Bonchev–Trinajstić information content (AvgIpc) is 3.48. The van der Waals surface area contributed by atoms with Gasteiger partial charge in [-0.1, -0.05) is 20.8 Å². The molecule has 0 unspecified atom stereocenters. The van der Waals surface area contributed by atoms with Crippen LogP contribution in [0.25, 0.3) is 22.4 Å². The predicted molar refractivity (Wildman–Crippen MR) is 217 cm³/mol. The highest BCUT2D eigenvalue weighted by Crippen LogP contribution is 2.37. The standard InChI is InChI=1S/C27H39N5O7S.C10H21NO3.CH4.ClH/c1-4-6-21-23-24(31(3)30-21)26(35)29-25(28-23)20-17-19(7-8-22(20)39-5-2)40(37,38)32-13-9-18(10-14-32)27(36,11-15-33)12-16-34;12-7-3-10(14,4-8-13)9-1-5-11-6-2-9;;/h7-8,17-18,33-34,36H,4-6,9-16H2,1-3H3,(H,28,29,35);9,11-14H,1-8H2;1H4;1H. The van der Waals surface area contributed by atoms with Gasteiger partial charge in [0.05, 0.1) is 34.0 Å². The number of benzene rings is 1. The van der Waals surface area contributed by atoms with Gasteiger partial charge in [-0.3, -0.25) is 9.48 Å². The molecule has 2 aliphatic heterocycles. The quantitative estimate of drug-likeness (QED) is 0.0974. The molecule has 5 rings (SSSR count). The van der Waals surface area contributed by atoms with Gasteiger partial charge in [0.1, 0.15) is 17.1 Å². The number of ether oxygens (including phenoxy) is 1. The molecule has 320 valence electrons. The van der Waals surface area contributed by atoms with E-state index in [2.05, 4.69) is 15.4 Å². The van der Waals surface area contributed by atoms with Crippen molar-refractivity contribution in [3.05, 3.63) is 34.2 Å². The molecule has 0 spiro atoms. The molecule has 0 bridgehead atoms. The van der Waals surface area contributed by atoms with Crippen LogP contribution in [0.1, 0.15) is 84.8 Å². The molecule has 0 aliphatic carbocycles. The molecular weight excluding hydrogens is 768 g/mol. The van der Waals surface area contributed by atoms with Crippen LogP contribution in [0.2, 0.25) is 0 Å². The van der Waals surface area contributed by atoms with Gasteiger partial charge < -0.3 is 45.7 Å². The molecule has 0 radical (unpaired) electrons. The minimum atomic E-state index is -3.92. The summed E-state index contributed by atoms with van der Waals surface area (Å²) in [5.41, 5.74) is -0.634. The summed E-state index contributed by atoms with van der Waals surface area (Å²) in [6.45, 7) is 5.91. The zero-order chi connectivity index (χ0) is 39.5. The SMILES string of the molecule is C.CCCc1nn(C)c2c(=O)[nH]c(-c3cc(S(=O)(=O)N4CCC(C(O)(CCO)CCO)CC4)ccc3OCC)nc12.Cl.OCCC(O)(CCO)C1CCNCC1. The van der Waals surface area contributed by atoms with Crippen molar-refractivity contribution in [2.24, 2.45) is 18.9 Å². The number of H-pyrrole nitrogens is 1. The third kappa shape index (κ3) is 11.5. The molecule has 0 amide bonds. The highest BCUT2D eigenvalue weighted by Gasteiger charge is 2.40. The Balaban J connectivity index is 0.000000574. The van der Waals surface area contributed by atoms with Crippen LogP contribution in [0, 0.1) is 11.8 Å². The Bertz CT molecular complexity index is 1800. The Labute approximate surface area is 336 Å². The van der Waals surface area contributed by atoms with Crippen LogP contribution in [0.4, 0.5) is 0 Å². The Kier molecular flexibility index (Phi) is 19.8. The van der Waals surface area contributed by atoms with Crippen LogP contribution in [0.15, 0.2) is 27.9 Å². The van der Waals surface area contributed by atoms with E-state index in [1.54, 1.807) is 13.1 Å². The summed E-state index contributed by atoms with van der Waals surface area (Å²) in [5, 5.41) is 65.6. The van der Waals surface area contributed by atoms with Gasteiger partial charge in [0.2, 0.25) is 10.0 Å². The number of halogens is 1. The van der Waals surface area contributed by atoms with Gasteiger partial charge in [-0.2, -0.15) is 9.40 Å². The number of aryl methyl sites for hydroxylation is 2. The van der Waals surface area contributed by atoms with Crippen molar-refractivity contribution >= 4 is 33.5 Å². The molecule has 16 nitrogen and oxygen atoms in total. The number of aromatic amines is 1. The fourth-order valence-electron chi connectivity index (χ4n) is 7.90. The minimum Gasteiger partial charge on any atom is -0.493 e. The van der Waals surface area contributed by atoms with Gasteiger partial charge in [0.25, 0.3) is 5.56 Å². The average molecular weight is 833 g/mol. The second-order valence-electron chi connectivity index (χ2n) is 14.3. The van der Waals surface area contributed by atoms with Crippen molar-refractivity contribution in [2.75, 3.05) is 59.2 Å². The van der Waals surface area contributed by atoms with Crippen LogP contribution in [-0.4, -0.2) is 134 Å². The number of sulfonamides is 1. The predicted octanol–water partition coefficient (Wildman–Crippen LogP) is 2.11. The number of aliphatic hydroxyl groups is 6. The lowest BCUT2D eigenvalue weighted by Gasteiger charge is -2.41. The summed E-state index contributed by atoms with van der Waals surface area (Å²) in [4.78, 5) is 20.6. The van der Waals surface area contributed by atoms with Crippen LogP contribution < -0.4 is 15.6 Å². The van der Waals surface area contributed by atoms with E-state index >= 15 is 0 Å². The number of hydrogen-bond donors (Lipinski definition) is 8. The molecule has 4 heterocycles. The van der Waals surface area contributed by atoms with Crippen LogP contribution in [-0.2, 0) is 23.5 Å². The summed E-state index contributed by atoms with van der Waals surface area (Å²) in [6, 6.07) is 4.52. The lowest BCUT2D eigenvalue weighted by atomic mass is 9.77. The number of aromatic nitrogens is 4.